The van der Waals surface area contributed by atoms with E-state index in [9.17, 15) is 4.79 Å². The minimum atomic E-state index is -0.600. The van der Waals surface area contributed by atoms with Crippen molar-refractivity contribution in [1.82, 2.24) is 0 Å². The maximum atomic E-state index is 10.6. The molecule has 0 aromatic rings. The van der Waals surface area contributed by atoms with Crippen molar-refractivity contribution in [1.29, 1.82) is 0 Å². The zero-order chi connectivity index (χ0) is 9.26. The second kappa shape index (κ2) is 3.66. The van der Waals surface area contributed by atoms with Crippen LogP contribution in [0.5, 0.6) is 0 Å². The van der Waals surface area contributed by atoms with E-state index in [2.05, 4.69) is 0 Å². The third-order valence-corrected chi connectivity index (χ3v) is 3.22. The first-order valence-corrected chi connectivity index (χ1v) is 5.08. The molecule has 1 saturated carbocycles. The largest absolute Gasteiger partial charge is 0.481 e. The highest BCUT2D eigenvalue weighted by Crippen LogP contribution is 2.44. The van der Waals surface area contributed by atoms with Crippen molar-refractivity contribution in [3.8, 4) is 0 Å². The van der Waals surface area contributed by atoms with E-state index in [-0.39, 0.29) is 5.92 Å². The smallest absolute Gasteiger partial charge is 0.306 e. The van der Waals surface area contributed by atoms with Crippen molar-refractivity contribution in [3.05, 3.63) is 0 Å². The zero-order valence-corrected chi connectivity index (χ0v) is 7.74. The van der Waals surface area contributed by atoms with Crippen molar-refractivity contribution < 1.29 is 14.6 Å². The molecule has 1 saturated heterocycles. The zero-order valence-electron chi connectivity index (χ0n) is 7.74. The van der Waals surface area contributed by atoms with Gasteiger partial charge in [0.2, 0.25) is 0 Å². The first-order valence-electron chi connectivity index (χ1n) is 5.08. The van der Waals surface area contributed by atoms with Crippen LogP contribution in [0.3, 0.4) is 0 Å². The molecular formula is C10H16O3. The van der Waals surface area contributed by atoms with E-state index in [0.29, 0.717) is 5.92 Å². The molecule has 0 amide bonds. The maximum absolute atomic E-state index is 10.6. The molecule has 2 unspecified atom stereocenters. The van der Waals surface area contributed by atoms with Gasteiger partial charge in [0.05, 0.1) is 5.92 Å². The first kappa shape index (κ1) is 9.00. The Labute approximate surface area is 78.1 Å². The van der Waals surface area contributed by atoms with Crippen LogP contribution in [-0.2, 0) is 9.53 Å². The Kier molecular flexibility index (Phi) is 2.54. The molecule has 1 heterocycles. The van der Waals surface area contributed by atoms with E-state index in [4.69, 9.17) is 9.84 Å². The molecule has 1 aliphatic heterocycles. The van der Waals surface area contributed by atoms with E-state index in [1.807, 2.05) is 0 Å². The normalized spacial score (nSPS) is 34.5. The number of rotatable bonds is 3. The molecule has 1 N–H and O–H groups in total. The third kappa shape index (κ3) is 2.21. The highest BCUT2D eigenvalue weighted by atomic mass is 16.5. The summed E-state index contributed by atoms with van der Waals surface area (Å²) in [5.41, 5.74) is 0. The lowest BCUT2D eigenvalue weighted by Gasteiger charge is -2.21. The highest BCUT2D eigenvalue weighted by Gasteiger charge is 2.43. The van der Waals surface area contributed by atoms with Crippen molar-refractivity contribution in [2.24, 2.45) is 17.8 Å². The van der Waals surface area contributed by atoms with Crippen LogP contribution in [0.1, 0.15) is 25.7 Å². The highest BCUT2D eigenvalue weighted by molar-refractivity contribution is 5.73. The summed E-state index contributed by atoms with van der Waals surface area (Å²) in [6.45, 7) is 1.74. The standard InChI is InChI=1S/C10H16O3/c11-10(12)9-6-8(9)5-7-1-3-13-4-2-7/h7-9H,1-6H2,(H,11,12). The van der Waals surface area contributed by atoms with Gasteiger partial charge in [0.25, 0.3) is 0 Å². The minimum Gasteiger partial charge on any atom is -0.481 e. The Morgan fingerprint density at radius 1 is 1.38 bits per heavy atom. The van der Waals surface area contributed by atoms with Crippen LogP contribution in [0.2, 0.25) is 0 Å². The van der Waals surface area contributed by atoms with Crippen molar-refractivity contribution in [3.63, 3.8) is 0 Å². The lowest BCUT2D eigenvalue weighted by atomic mass is 9.93. The fraction of sp³-hybridized carbons (Fsp3) is 0.900. The Morgan fingerprint density at radius 2 is 2.08 bits per heavy atom. The summed E-state index contributed by atoms with van der Waals surface area (Å²) in [6, 6.07) is 0. The predicted octanol–water partition coefficient (Wildman–Crippen LogP) is 1.52. The lowest BCUT2D eigenvalue weighted by molar-refractivity contribution is -0.138. The Morgan fingerprint density at radius 3 is 2.62 bits per heavy atom. The maximum Gasteiger partial charge on any atom is 0.306 e. The van der Waals surface area contributed by atoms with Gasteiger partial charge in [-0.05, 0) is 37.5 Å². The van der Waals surface area contributed by atoms with Gasteiger partial charge < -0.3 is 9.84 Å². The van der Waals surface area contributed by atoms with Crippen LogP contribution in [0.15, 0.2) is 0 Å². The van der Waals surface area contributed by atoms with E-state index in [1.54, 1.807) is 0 Å². The number of carboxylic acids is 1. The summed E-state index contributed by atoms with van der Waals surface area (Å²) in [4.78, 5) is 10.6. The molecule has 0 spiro atoms. The van der Waals surface area contributed by atoms with Gasteiger partial charge in [-0.3, -0.25) is 4.79 Å². The van der Waals surface area contributed by atoms with Gasteiger partial charge >= 0.3 is 5.97 Å². The fourth-order valence-electron chi connectivity index (χ4n) is 2.22. The molecule has 0 aromatic carbocycles. The number of aliphatic carboxylic acids is 1. The van der Waals surface area contributed by atoms with Gasteiger partial charge in [0, 0.05) is 13.2 Å². The number of hydrogen-bond donors (Lipinski definition) is 1. The Hall–Kier alpha value is -0.570. The van der Waals surface area contributed by atoms with E-state index < -0.39 is 5.97 Å². The molecule has 13 heavy (non-hydrogen) atoms. The Bertz CT molecular complexity index is 196. The molecule has 0 radical (unpaired) electrons. The summed E-state index contributed by atoms with van der Waals surface area (Å²) in [6.07, 6.45) is 4.28. The van der Waals surface area contributed by atoms with Gasteiger partial charge in [-0.2, -0.15) is 0 Å². The summed E-state index contributed by atoms with van der Waals surface area (Å²) in [5.74, 6) is 0.573. The number of carboxylic acid groups (broad SMARTS) is 1. The van der Waals surface area contributed by atoms with Gasteiger partial charge in [-0.25, -0.2) is 0 Å². The molecule has 2 fully saturated rings. The average Bonchev–Trinajstić information content (AvgIpc) is 2.86. The van der Waals surface area contributed by atoms with Crippen LogP contribution in [-0.4, -0.2) is 24.3 Å². The molecule has 2 atom stereocenters. The summed E-state index contributed by atoms with van der Waals surface area (Å²) in [5, 5.41) is 8.73. The molecule has 3 nitrogen and oxygen atoms in total. The van der Waals surface area contributed by atoms with E-state index >= 15 is 0 Å². The van der Waals surface area contributed by atoms with E-state index in [0.717, 1.165) is 44.8 Å². The molecule has 1 aliphatic carbocycles. The number of hydrogen-bond acceptors (Lipinski definition) is 2. The molecule has 74 valence electrons. The topological polar surface area (TPSA) is 46.5 Å². The minimum absolute atomic E-state index is 0.0251. The van der Waals surface area contributed by atoms with Crippen molar-refractivity contribution in [2.45, 2.75) is 25.7 Å². The molecule has 3 heteroatoms. The lowest BCUT2D eigenvalue weighted by Crippen LogP contribution is -2.16. The number of carbonyl (C=O) groups is 1. The summed E-state index contributed by atoms with van der Waals surface area (Å²) in [7, 11) is 0. The molecule has 0 aromatic heterocycles. The monoisotopic (exact) mass is 184 g/mol. The summed E-state index contributed by atoms with van der Waals surface area (Å²) >= 11 is 0. The van der Waals surface area contributed by atoms with Gasteiger partial charge in [-0.1, -0.05) is 0 Å². The van der Waals surface area contributed by atoms with E-state index in [1.165, 1.54) is 0 Å². The van der Waals surface area contributed by atoms with Crippen molar-refractivity contribution >= 4 is 5.97 Å². The predicted molar refractivity (Wildman–Crippen MR) is 47.4 cm³/mol. The van der Waals surface area contributed by atoms with Gasteiger partial charge in [0.15, 0.2) is 0 Å². The summed E-state index contributed by atoms with van der Waals surface area (Å²) < 4.78 is 5.26. The Balaban J connectivity index is 1.70. The quantitative estimate of drug-likeness (QED) is 0.723. The fourth-order valence-corrected chi connectivity index (χ4v) is 2.22. The number of ether oxygens (including phenoxy) is 1. The molecular weight excluding hydrogens is 168 g/mol. The molecule has 2 rings (SSSR count). The van der Waals surface area contributed by atoms with Crippen LogP contribution >= 0.6 is 0 Å². The van der Waals surface area contributed by atoms with Crippen LogP contribution < -0.4 is 0 Å². The van der Waals surface area contributed by atoms with Crippen LogP contribution in [0.4, 0.5) is 0 Å². The second-order valence-corrected chi connectivity index (χ2v) is 4.23. The SMILES string of the molecule is O=C(O)C1CC1CC1CCOCC1. The van der Waals surface area contributed by atoms with Crippen LogP contribution in [0.25, 0.3) is 0 Å². The second-order valence-electron chi connectivity index (χ2n) is 4.23. The van der Waals surface area contributed by atoms with Gasteiger partial charge in [0.1, 0.15) is 0 Å². The first-order chi connectivity index (χ1) is 6.27. The van der Waals surface area contributed by atoms with Crippen LogP contribution in [0, 0.1) is 17.8 Å². The molecule has 0 bridgehead atoms. The van der Waals surface area contributed by atoms with Gasteiger partial charge in [-0.15, -0.1) is 0 Å². The van der Waals surface area contributed by atoms with Crippen molar-refractivity contribution in [2.75, 3.05) is 13.2 Å². The molecule has 2 aliphatic rings. The average molecular weight is 184 g/mol. The third-order valence-electron chi connectivity index (χ3n) is 3.22.